The molecule has 30 heavy (non-hydrogen) atoms. The van der Waals surface area contributed by atoms with E-state index in [9.17, 15) is 14.4 Å². The van der Waals surface area contributed by atoms with Crippen LogP contribution >= 0.6 is 11.3 Å². The monoisotopic (exact) mass is 435 g/mol. The van der Waals surface area contributed by atoms with E-state index in [-0.39, 0.29) is 12.3 Å². The van der Waals surface area contributed by atoms with Gasteiger partial charge in [0.05, 0.1) is 26.3 Å². The lowest BCUT2D eigenvalue weighted by molar-refractivity contribution is -0.147. The van der Waals surface area contributed by atoms with Crippen LogP contribution in [-0.2, 0) is 20.7 Å². The fourth-order valence-corrected chi connectivity index (χ4v) is 3.16. The highest BCUT2D eigenvalue weighted by Gasteiger charge is 2.14. The molecule has 1 aromatic carbocycles. The average Bonchev–Trinajstić information content (AvgIpc) is 3.18. The summed E-state index contributed by atoms with van der Waals surface area (Å²) >= 11 is 1.37. The largest absolute Gasteiger partial charge is 0.493 e. The van der Waals surface area contributed by atoms with Gasteiger partial charge in [-0.15, -0.1) is 11.3 Å². The molecule has 0 aliphatic heterocycles. The predicted molar refractivity (Wildman–Crippen MR) is 112 cm³/mol. The number of aromatic nitrogens is 1. The number of esters is 1. The SMILES string of the molecule is COc1ccc(-c2nc(CC(=O)OCC(=O)NC(=O)NCC(C)C)cs2)cc1OC. The number of rotatable bonds is 9. The van der Waals surface area contributed by atoms with Crippen LogP contribution in [0.4, 0.5) is 4.79 Å². The van der Waals surface area contributed by atoms with E-state index in [2.05, 4.69) is 15.6 Å². The summed E-state index contributed by atoms with van der Waals surface area (Å²) < 4.78 is 15.4. The Kier molecular flexibility index (Phi) is 8.60. The smallest absolute Gasteiger partial charge is 0.321 e. The molecular weight excluding hydrogens is 410 g/mol. The zero-order valence-electron chi connectivity index (χ0n) is 17.3. The number of carbonyl (C=O) groups is 3. The summed E-state index contributed by atoms with van der Waals surface area (Å²) in [6.45, 7) is 3.75. The summed E-state index contributed by atoms with van der Waals surface area (Å²) in [5.74, 6) is 0.129. The van der Waals surface area contributed by atoms with Crippen LogP contribution in [0.5, 0.6) is 11.5 Å². The Hall–Kier alpha value is -3.14. The van der Waals surface area contributed by atoms with Gasteiger partial charge in [-0.2, -0.15) is 0 Å². The second-order valence-electron chi connectivity index (χ2n) is 6.70. The minimum absolute atomic E-state index is 0.0867. The zero-order valence-corrected chi connectivity index (χ0v) is 18.1. The third-order valence-corrected chi connectivity index (χ3v) is 4.74. The Morgan fingerprint density at radius 3 is 2.53 bits per heavy atom. The Bertz CT molecular complexity index is 896. The molecule has 0 atom stereocenters. The van der Waals surface area contributed by atoms with Gasteiger partial charge in [-0.05, 0) is 24.1 Å². The van der Waals surface area contributed by atoms with Crippen molar-refractivity contribution in [3.63, 3.8) is 0 Å². The number of carbonyl (C=O) groups excluding carboxylic acids is 3. The lowest BCUT2D eigenvalue weighted by Crippen LogP contribution is -2.42. The molecule has 10 heteroatoms. The lowest BCUT2D eigenvalue weighted by Gasteiger charge is -2.08. The van der Waals surface area contributed by atoms with Crippen molar-refractivity contribution in [3.05, 3.63) is 29.3 Å². The molecule has 1 heterocycles. The molecule has 2 N–H and O–H groups in total. The van der Waals surface area contributed by atoms with E-state index in [1.807, 2.05) is 19.9 Å². The van der Waals surface area contributed by atoms with Gasteiger partial charge in [0.1, 0.15) is 5.01 Å². The van der Waals surface area contributed by atoms with Gasteiger partial charge in [0.2, 0.25) is 0 Å². The zero-order chi connectivity index (χ0) is 22.1. The third-order valence-electron chi connectivity index (χ3n) is 3.80. The lowest BCUT2D eigenvalue weighted by atomic mass is 10.2. The van der Waals surface area contributed by atoms with Crippen LogP contribution in [0.2, 0.25) is 0 Å². The molecular formula is C20H25N3O6S. The second kappa shape index (κ2) is 11.1. The molecule has 0 saturated heterocycles. The Morgan fingerprint density at radius 2 is 1.87 bits per heavy atom. The van der Waals surface area contributed by atoms with Gasteiger partial charge < -0.3 is 19.5 Å². The Balaban J connectivity index is 1.85. The van der Waals surface area contributed by atoms with Crippen LogP contribution in [0.3, 0.4) is 0 Å². The van der Waals surface area contributed by atoms with Crippen molar-refractivity contribution in [1.29, 1.82) is 0 Å². The van der Waals surface area contributed by atoms with Gasteiger partial charge in [0.15, 0.2) is 18.1 Å². The van der Waals surface area contributed by atoms with E-state index in [1.165, 1.54) is 11.3 Å². The molecule has 0 saturated carbocycles. The molecule has 0 bridgehead atoms. The summed E-state index contributed by atoms with van der Waals surface area (Å²) in [4.78, 5) is 39.6. The van der Waals surface area contributed by atoms with E-state index >= 15 is 0 Å². The number of hydrogen-bond donors (Lipinski definition) is 2. The van der Waals surface area contributed by atoms with E-state index in [0.29, 0.717) is 28.7 Å². The topological polar surface area (TPSA) is 116 Å². The van der Waals surface area contributed by atoms with Crippen molar-refractivity contribution in [2.24, 2.45) is 5.92 Å². The molecule has 0 unspecified atom stereocenters. The third kappa shape index (κ3) is 7.03. The van der Waals surface area contributed by atoms with Crippen LogP contribution in [0.25, 0.3) is 10.6 Å². The van der Waals surface area contributed by atoms with Crippen LogP contribution in [0.1, 0.15) is 19.5 Å². The minimum atomic E-state index is -0.700. The summed E-state index contributed by atoms with van der Waals surface area (Å²) in [5, 5.41) is 7.09. The molecule has 0 radical (unpaired) electrons. The van der Waals surface area contributed by atoms with Crippen LogP contribution in [0, 0.1) is 5.92 Å². The molecule has 0 aliphatic carbocycles. The van der Waals surface area contributed by atoms with Crippen molar-refractivity contribution in [2.45, 2.75) is 20.3 Å². The van der Waals surface area contributed by atoms with Crippen molar-refractivity contribution >= 4 is 29.2 Å². The first-order chi connectivity index (χ1) is 14.3. The standard InChI is InChI=1S/C20H25N3O6S/c1-12(2)9-21-20(26)23-17(24)10-29-18(25)8-14-11-30-19(22-14)13-5-6-15(27-3)16(7-13)28-4/h5-7,11-12H,8-10H2,1-4H3,(H2,21,23,24,26). The number of thiazole rings is 1. The Morgan fingerprint density at radius 1 is 1.13 bits per heavy atom. The summed E-state index contributed by atoms with van der Waals surface area (Å²) in [7, 11) is 3.11. The molecule has 0 aliphatic rings. The summed E-state index contributed by atoms with van der Waals surface area (Å²) in [5.41, 5.74) is 1.34. The number of ether oxygens (including phenoxy) is 3. The highest BCUT2D eigenvalue weighted by molar-refractivity contribution is 7.13. The van der Waals surface area contributed by atoms with Gasteiger partial charge in [0.25, 0.3) is 5.91 Å². The van der Waals surface area contributed by atoms with Crippen molar-refractivity contribution < 1.29 is 28.6 Å². The fraction of sp³-hybridized carbons (Fsp3) is 0.400. The number of nitrogens with zero attached hydrogens (tertiary/aromatic N) is 1. The maximum Gasteiger partial charge on any atom is 0.321 e. The maximum absolute atomic E-state index is 12.0. The fourth-order valence-electron chi connectivity index (χ4n) is 2.34. The van der Waals surface area contributed by atoms with E-state index < -0.39 is 24.5 Å². The quantitative estimate of drug-likeness (QED) is 0.581. The molecule has 2 aromatic rings. The van der Waals surface area contributed by atoms with E-state index in [0.717, 1.165) is 5.56 Å². The number of methoxy groups -OCH3 is 2. The van der Waals surface area contributed by atoms with Gasteiger partial charge in [-0.25, -0.2) is 9.78 Å². The number of urea groups is 1. The number of hydrogen-bond acceptors (Lipinski definition) is 8. The predicted octanol–water partition coefficient (Wildman–Crippen LogP) is 2.39. The minimum Gasteiger partial charge on any atom is -0.493 e. The number of amides is 3. The van der Waals surface area contributed by atoms with E-state index in [1.54, 1.807) is 31.7 Å². The highest BCUT2D eigenvalue weighted by atomic mass is 32.1. The number of nitrogens with one attached hydrogen (secondary N) is 2. The van der Waals surface area contributed by atoms with Crippen molar-refractivity contribution in [3.8, 4) is 22.1 Å². The Labute approximate surface area is 178 Å². The molecule has 0 spiro atoms. The molecule has 1 aromatic heterocycles. The number of benzene rings is 1. The summed E-state index contributed by atoms with van der Waals surface area (Å²) in [6.07, 6.45) is -0.0867. The van der Waals surface area contributed by atoms with Gasteiger partial charge in [-0.3, -0.25) is 14.9 Å². The second-order valence-corrected chi connectivity index (χ2v) is 7.56. The van der Waals surface area contributed by atoms with Crippen molar-refractivity contribution in [2.75, 3.05) is 27.4 Å². The maximum atomic E-state index is 12.0. The van der Waals surface area contributed by atoms with Gasteiger partial charge >= 0.3 is 12.0 Å². The van der Waals surface area contributed by atoms with Crippen LogP contribution in [0.15, 0.2) is 23.6 Å². The molecule has 0 fully saturated rings. The molecule has 162 valence electrons. The first kappa shape index (κ1) is 23.1. The number of imide groups is 1. The van der Waals surface area contributed by atoms with Crippen LogP contribution in [-0.4, -0.2) is 50.3 Å². The normalized spacial score (nSPS) is 10.4. The molecule has 2 rings (SSSR count). The molecule has 3 amide bonds. The molecule has 9 nitrogen and oxygen atoms in total. The van der Waals surface area contributed by atoms with Crippen LogP contribution < -0.4 is 20.1 Å². The summed E-state index contributed by atoms with van der Waals surface area (Å²) in [6, 6.07) is 4.80. The van der Waals surface area contributed by atoms with Gasteiger partial charge in [0, 0.05) is 17.5 Å². The first-order valence-corrected chi connectivity index (χ1v) is 10.1. The van der Waals surface area contributed by atoms with Crippen molar-refractivity contribution in [1.82, 2.24) is 15.6 Å². The first-order valence-electron chi connectivity index (χ1n) is 9.22. The average molecular weight is 436 g/mol. The highest BCUT2D eigenvalue weighted by Crippen LogP contribution is 2.33. The van der Waals surface area contributed by atoms with Gasteiger partial charge in [-0.1, -0.05) is 13.8 Å². The van der Waals surface area contributed by atoms with E-state index in [4.69, 9.17) is 14.2 Å².